The Labute approximate surface area is 137 Å². The molecule has 21 heavy (non-hydrogen) atoms. The van der Waals surface area contributed by atoms with E-state index >= 15 is 0 Å². The van der Waals surface area contributed by atoms with Crippen molar-refractivity contribution in [3.63, 3.8) is 0 Å². The molecule has 2 rings (SSSR count). The molecular formula is C16H16BrClFNO. The molecule has 1 aromatic heterocycles. The van der Waals surface area contributed by atoms with Gasteiger partial charge in [0.05, 0.1) is 15.5 Å². The average molecular weight is 373 g/mol. The Kier molecular flexibility index (Phi) is 4.59. The Balaban J connectivity index is 2.66. The Morgan fingerprint density at radius 1 is 1.29 bits per heavy atom. The lowest BCUT2D eigenvalue weighted by molar-refractivity contribution is 0.0991. The molecule has 1 unspecified atom stereocenters. The summed E-state index contributed by atoms with van der Waals surface area (Å²) in [5, 5.41) is -0.582. The largest absolute Gasteiger partial charge is 0.317 e. The third-order valence-corrected chi connectivity index (χ3v) is 4.34. The predicted molar refractivity (Wildman–Crippen MR) is 87.3 cm³/mol. The summed E-state index contributed by atoms with van der Waals surface area (Å²) in [6, 6.07) is 5.00. The van der Waals surface area contributed by atoms with Crippen LogP contribution < -0.4 is 0 Å². The van der Waals surface area contributed by atoms with Crippen molar-refractivity contribution in [1.29, 1.82) is 0 Å². The summed E-state index contributed by atoms with van der Waals surface area (Å²) in [5.74, 6) is -0.451. The van der Waals surface area contributed by atoms with E-state index in [0.29, 0.717) is 10.0 Å². The molecule has 0 aliphatic heterocycles. The lowest BCUT2D eigenvalue weighted by Crippen LogP contribution is -2.12. The van der Waals surface area contributed by atoms with Gasteiger partial charge in [-0.25, -0.2) is 4.39 Å². The second kappa shape index (κ2) is 5.93. The zero-order valence-electron chi connectivity index (χ0n) is 12.3. The fourth-order valence-corrected chi connectivity index (χ4v) is 3.05. The first-order chi connectivity index (χ1) is 9.73. The van der Waals surface area contributed by atoms with E-state index in [4.69, 9.17) is 11.6 Å². The number of hydrogen-bond acceptors (Lipinski definition) is 1. The zero-order valence-corrected chi connectivity index (χ0v) is 14.6. The third-order valence-electron chi connectivity index (χ3n) is 3.54. The SMILES string of the molecule is Cc1cc(Br)c(F)cc1-n1c(C)cc(C(=O)C(C)Cl)c1C. The van der Waals surface area contributed by atoms with Crippen LogP contribution in [0.1, 0.15) is 34.2 Å². The van der Waals surface area contributed by atoms with Crippen LogP contribution in [0.5, 0.6) is 0 Å². The summed E-state index contributed by atoms with van der Waals surface area (Å²) in [4.78, 5) is 12.1. The molecule has 0 aliphatic rings. The van der Waals surface area contributed by atoms with Crippen LogP contribution in [0.3, 0.4) is 0 Å². The van der Waals surface area contributed by atoms with E-state index in [9.17, 15) is 9.18 Å². The quantitative estimate of drug-likeness (QED) is 0.542. The normalized spacial score (nSPS) is 12.5. The van der Waals surface area contributed by atoms with Crippen LogP contribution >= 0.6 is 27.5 Å². The Morgan fingerprint density at radius 3 is 2.48 bits per heavy atom. The summed E-state index contributed by atoms with van der Waals surface area (Å²) in [6.07, 6.45) is 0. The van der Waals surface area contributed by atoms with Crippen molar-refractivity contribution in [2.24, 2.45) is 0 Å². The molecule has 0 aliphatic carbocycles. The first kappa shape index (κ1) is 16.2. The van der Waals surface area contributed by atoms with Crippen molar-refractivity contribution in [1.82, 2.24) is 4.57 Å². The molecule has 112 valence electrons. The monoisotopic (exact) mass is 371 g/mol. The number of halogens is 3. The molecule has 2 aromatic rings. The van der Waals surface area contributed by atoms with Gasteiger partial charge in [-0.1, -0.05) is 0 Å². The maximum Gasteiger partial charge on any atom is 0.182 e. The first-order valence-corrected chi connectivity index (χ1v) is 7.80. The van der Waals surface area contributed by atoms with Gasteiger partial charge in [0.25, 0.3) is 0 Å². The van der Waals surface area contributed by atoms with Gasteiger partial charge in [-0.2, -0.15) is 0 Å². The maximum atomic E-state index is 13.9. The van der Waals surface area contributed by atoms with E-state index in [0.717, 1.165) is 22.6 Å². The number of alkyl halides is 1. The predicted octanol–water partition coefficient (Wildman–Crippen LogP) is 5.11. The highest BCUT2D eigenvalue weighted by atomic mass is 79.9. The highest BCUT2D eigenvalue weighted by Gasteiger charge is 2.21. The van der Waals surface area contributed by atoms with Gasteiger partial charge in [-0.05, 0) is 67.4 Å². The van der Waals surface area contributed by atoms with Crippen LogP contribution in [0.4, 0.5) is 4.39 Å². The van der Waals surface area contributed by atoms with Crippen LogP contribution in [-0.2, 0) is 0 Å². The minimum absolute atomic E-state index is 0.119. The van der Waals surface area contributed by atoms with Gasteiger partial charge in [0.15, 0.2) is 5.78 Å². The Bertz CT molecular complexity index is 722. The Morgan fingerprint density at radius 2 is 1.90 bits per heavy atom. The van der Waals surface area contributed by atoms with E-state index in [1.165, 1.54) is 6.07 Å². The van der Waals surface area contributed by atoms with Gasteiger partial charge in [0, 0.05) is 17.0 Å². The summed E-state index contributed by atoms with van der Waals surface area (Å²) in [5.41, 5.74) is 3.88. The van der Waals surface area contributed by atoms with E-state index in [-0.39, 0.29) is 11.6 Å². The smallest absolute Gasteiger partial charge is 0.182 e. The molecule has 0 saturated heterocycles. The van der Waals surface area contributed by atoms with Crippen molar-refractivity contribution in [3.8, 4) is 5.69 Å². The molecule has 0 N–H and O–H groups in total. The molecule has 1 heterocycles. The van der Waals surface area contributed by atoms with Gasteiger partial charge in [0.1, 0.15) is 5.82 Å². The minimum Gasteiger partial charge on any atom is -0.317 e. The molecule has 0 fully saturated rings. The number of carbonyl (C=O) groups is 1. The number of aromatic nitrogens is 1. The summed E-state index contributed by atoms with van der Waals surface area (Å²) >= 11 is 9.08. The highest BCUT2D eigenvalue weighted by molar-refractivity contribution is 9.10. The van der Waals surface area contributed by atoms with Gasteiger partial charge in [-0.15, -0.1) is 11.6 Å². The lowest BCUT2D eigenvalue weighted by atomic mass is 10.1. The van der Waals surface area contributed by atoms with Crippen molar-refractivity contribution < 1.29 is 9.18 Å². The fraction of sp³-hybridized carbons (Fsp3) is 0.312. The standard InChI is InChI=1S/C16H16BrClFNO/c1-8-5-13(17)14(19)7-15(8)20-9(2)6-12(11(20)4)16(21)10(3)18/h5-7,10H,1-4H3. The van der Waals surface area contributed by atoms with E-state index < -0.39 is 5.38 Å². The van der Waals surface area contributed by atoms with E-state index in [1.807, 2.05) is 25.3 Å². The van der Waals surface area contributed by atoms with Crippen LogP contribution in [0.2, 0.25) is 0 Å². The van der Waals surface area contributed by atoms with Gasteiger partial charge >= 0.3 is 0 Å². The topological polar surface area (TPSA) is 22.0 Å². The summed E-state index contributed by atoms with van der Waals surface area (Å²) in [6.45, 7) is 7.30. The van der Waals surface area contributed by atoms with Crippen molar-refractivity contribution >= 4 is 33.3 Å². The number of rotatable bonds is 3. The Hall–Kier alpha value is -1.13. The number of Topliss-reactive ketones (excluding diaryl/α,β-unsaturated/α-hetero) is 1. The molecule has 1 atom stereocenters. The number of aryl methyl sites for hydroxylation is 2. The highest BCUT2D eigenvalue weighted by Crippen LogP contribution is 2.28. The van der Waals surface area contributed by atoms with E-state index in [2.05, 4.69) is 15.9 Å². The number of hydrogen-bond donors (Lipinski definition) is 0. The van der Waals surface area contributed by atoms with Gasteiger partial charge in [-0.3, -0.25) is 4.79 Å². The van der Waals surface area contributed by atoms with Crippen molar-refractivity contribution in [2.45, 2.75) is 33.1 Å². The van der Waals surface area contributed by atoms with Crippen molar-refractivity contribution in [3.05, 3.63) is 51.0 Å². The van der Waals surface area contributed by atoms with Crippen LogP contribution in [0, 0.1) is 26.6 Å². The average Bonchev–Trinajstić information content (AvgIpc) is 2.68. The first-order valence-electron chi connectivity index (χ1n) is 6.57. The number of carbonyl (C=O) groups excluding carboxylic acids is 1. The number of ketones is 1. The van der Waals surface area contributed by atoms with Crippen molar-refractivity contribution in [2.75, 3.05) is 0 Å². The maximum absolute atomic E-state index is 13.9. The molecule has 0 bridgehead atoms. The molecule has 0 spiro atoms. The molecule has 1 aromatic carbocycles. The fourth-order valence-electron chi connectivity index (χ4n) is 2.47. The lowest BCUT2D eigenvalue weighted by Gasteiger charge is -2.14. The van der Waals surface area contributed by atoms with Gasteiger partial charge in [0.2, 0.25) is 0 Å². The molecule has 0 saturated carbocycles. The number of nitrogens with zero attached hydrogens (tertiary/aromatic N) is 1. The third kappa shape index (κ3) is 2.92. The van der Waals surface area contributed by atoms with E-state index in [1.54, 1.807) is 19.1 Å². The minimum atomic E-state index is -0.582. The molecule has 0 radical (unpaired) electrons. The van der Waals surface area contributed by atoms with Crippen LogP contribution in [-0.4, -0.2) is 15.7 Å². The summed E-state index contributed by atoms with van der Waals surface area (Å²) in [7, 11) is 0. The molecule has 2 nitrogen and oxygen atoms in total. The van der Waals surface area contributed by atoms with Crippen LogP contribution in [0.15, 0.2) is 22.7 Å². The zero-order chi connectivity index (χ0) is 15.9. The second-order valence-electron chi connectivity index (χ2n) is 5.15. The van der Waals surface area contributed by atoms with Gasteiger partial charge < -0.3 is 4.57 Å². The molecule has 5 heteroatoms. The molecular weight excluding hydrogens is 357 g/mol. The number of benzene rings is 1. The van der Waals surface area contributed by atoms with Crippen LogP contribution in [0.25, 0.3) is 5.69 Å². The summed E-state index contributed by atoms with van der Waals surface area (Å²) < 4.78 is 16.2. The molecule has 0 amide bonds. The second-order valence-corrected chi connectivity index (χ2v) is 6.66.